The van der Waals surface area contributed by atoms with Crippen molar-refractivity contribution in [2.24, 2.45) is 11.8 Å². The molecule has 0 aromatic heterocycles. The topological polar surface area (TPSA) is 105 Å². The molecule has 8 heteroatoms. The van der Waals surface area contributed by atoms with Crippen LogP contribution in [0.4, 0.5) is 4.79 Å². The zero-order valence-electron chi connectivity index (χ0n) is 19.9. The van der Waals surface area contributed by atoms with Crippen molar-refractivity contribution in [2.75, 3.05) is 39.5 Å². The first kappa shape index (κ1) is 24.7. The summed E-state index contributed by atoms with van der Waals surface area (Å²) in [5, 5.41) is 12.0. The zero-order chi connectivity index (χ0) is 24.8. The highest BCUT2D eigenvalue weighted by atomic mass is 16.5. The minimum atomic E-state index is -0.953. The number of nitrogens with one attached hydrogen (secondary N) is 1. The molecule has 0 spiro atoms. The average Bonchev–Trinajstić information content (AvgIpc) is 3.00. The lowest BCUT2D eigenvalue weighted by Gasteiger charge is -2.22. The van der Waals surface area contributed by atoms with E-state index in [1.54, 1.807) is 4.90 Å². The summed E-state index contributed by atoms with van der Waals surface area (Å²) >= 11 is 0. The molecule has 2 aromatic rings. The van der Waals surface area contributed by atoms with Gasteiger partial charge in [-0.2, -0.15) is 0 Å². The maximum absolute atomic E-state index is 12.6. The Morgan fingerprint density at radius 3 is 2.43 bits per heavy atom. The Morgan fingerprint density at radius 2 is 1.77 bits per heavy atom. The van der Waals surface area contributed by atoms with E-state index in [-0.39, 0.29) is 37.5 Å². The molecule has 2 aromatic carbocycles. The van der Waals surface area contributed by atoms with Gasteiger partial charge in [-0.25, -0.2) is 4.79 Å². The molecule has 0 saturated carbocycles. The Hall–Kier alpha value is -3.39. The van der Waals surface area contributed by atoms with E-state index < -0.39 is 18.0 Å². The van der Waals surface area contributed by atoms with Gasteiger partial charge in [-0.15, -0.1) is 0 Å². The average molecular weight is 481 g/mol. The fourth-order valence-electron chi connectivity index (χ4n) is 4.72. The normalized spacial score (nSPS) is 18.2. The van der Waals surface area contributed by atoms with Gasteiger partial charge in [-0.3, -0.25) is 9.59 Å². The Kier molecular flexibility index (Phi) is 8.02. The van der Waals surface area contributed by atoms with Crippen molar-refractivity contribution in [3.05, 3.63) is 59.7 Å². The van der Waals surface area contributed by atoms with Gasteiger partial charge in [0.2, 0.25) is 5.91 Å². The number of carboxylic acid groups (broad SMARTS) is 1. The summed E-state index contributed by atoms with van der Waals surface area (Å²) in [5.74, 6) is -1.66. The van der Waals surface area contributed by atoms with E-state index in [4.69, 9.17) is 9.47 Å². The van der Waals surface area contributed by atoms with Crippen LogP contribution in [-0.4, -0.2) is 67.4 Å². The maximum atomic E-state index is 12.6. The lowest BCUT2D eigenvalue weighted by molar-refractivity contribution is -0.144. The van der Waals surface area contributed by atoms with Crippen LogP contribution in [-0.2, 0) is 19.1 Å². The van der Waals surface area contributed by atoms with Crippen molar-refractivity contribution in [1.82, 2.24) is 10.2 Å². The van der Waals surface area contributed by atoms with Crippen molar-refractivity contribution < 1.29 is 29.0 Å². The van der Waals surface area contributed by atoms with Gasteiger partial charge in [-0.1, -0.05) is 55.5 Å². The second kappa shape index (κ2) is 11.4. The third kappa shape index (κ3) is 6.00. The molecule has 186 valence electrons. The number of alkyl carbamates (subject to hydrolysis) is 1. The number of benzene rings is 2. The van der Waals surface area contributed by atoms with E-state index in [1.807, 2.05) is 31.2 Å². The minimum absolute atomic E-state index is 0.00965. The summed E-state index contributed by atoms with van der Waals surface area (Å²) in [6.07, 6.45) is 0.399. The molecule has 8 nitrogen and oxygen atoms in total. The highest BCUT2D eigenvalue weighted by Crippen LogP contribution is 2.44. The number of ether oxygens (including phenoxy) is 2. The second-order valence-electron chi connectivity index (χ2n) is 9.30. The monoisotopic (exact) mass is 480 g/mol. The molecule has 1 saturated heterocycles. The standard InChI is InChI=1S/C27H32N2O6/c1-18(10-11-25(30)29-12-13-34-16-19(15-29)26(31)32)14-28-27(33)35-17-24-22-8-4-2-6-20(22)21-7-3-5-9-23(21)24/h2-9,18-19,24H,10-17H2,1H3,(H,28,33)(H,31,32). The number of hydrogen-bond donors (Lipinski definition) is 2. The Balaban J connectivity index is 1.21. The first-order valence-electron chi connectivity index (χ1n) is 12.1. The summed E-state index contributed by atoms with van der Waals surface area (Å²) in [4.78, 5) is 37.8. The molecule has 2 N–H and O–H groups in total. The molecule has 0 bridgehead atoms. The number of carbonyl (C=O) groups excluding carboxylic acids is 2. The number of aliphatic carboxylic acids is 1. The van der Waals surface area contributed by atoms with Gasteiger partial charge in [0, 0.05) is 32.0 Å². The van der Waals surface area contributed by atoms with Crippen LogP contribution < -0.4 is 5.32 Å². The van der Waals surface area contributed by atoms with Crippen LogP contribution in [0.2, 0.25) is 0 Å². The number of carbonyl (C=O) groups is 3. The Labute approximate surface area is 205 Å². The van der Waals surface area contributed by atoms with Gasteiger partial charge in [-0.05, 0) is 34.6 Å². The molecular formula is C27H32N2O6. The van der Waals surface area contributed by atoms with Gasteiger partial charge < -0.3 is 24.8 Å². The molecule has 0 radical (unpaired) electrons. The largest absolute Gasteiger partial charge is 0.481 e. The molecule has 1 fully saturated rings. The van der Waals surface area contributed by atoms with Crippen molar-refractivity contribution in [1.29, 1.82) is 0 Å². The van der Waals surface area contributed by atoms with Crippen LogP contribution >= 0.6 is 0 Å². The molecule has 2 aliphatic rings. The second-order valence-corrected chi connectivity index (χ2v) is 9.30. The van der Waals surface area contributed by atoms with Gasteiger partial charge in [0.15, 0.2) is 0 Å². The minimum Gasteiger partial charge on any atom is -0.481 e. The van der Waals surface area contributed by atoms with E-state index in [2.05, 4.69) is 29.6 Å². The van der Waals surface area contributed by atoms with Crippen molar-refractivity contribution in [3.8, 4) is 11.1 Å². The fourth-order valence-corrected chi connectivity index (χ4v) is 4.72. The molecule has 2 amide bonds. The van der Waals surface area contributed by atoms with Crippen LogP contribution in [0.1, 0.15) is 36.8 Å². The van der Waals surface area contributed by atoms with Crippen LogP contribution in [0.25, 0.3) is 11.1 Å². The van der Waals surface area contributed by atoms with E-state index in [0.29, 0.717) is 32.5 Å². The molecule has 2 atom stereocenters. The third-order valence-electron chi connectivity index (χ3n) is 6.76. The van der Waals surface area contributed by atoms with Crippen molar-refractivity contribution >= 4 is 18.0 Å². The van der Waals surface area contributed by atoms with E-state index >= 15 is 0 Å². The SMILES string of the molecule is CC(CCC(=O)N1CCOCC(C(=O)O)C1)CNC(=O)OCC1c2ccccc2-c2ccccc21. The summed E-state index contributed by atoms with van der Waals surface area (Å²) in [6, 6.07) is 16.4. The summed E-state index contributed by atoms with van der Waals surface area (Å²) in [7, 11) is 0. The number of amides is 2. The number of nitrogens with zero attached hydrogens (tertiary/aromatic N) is 1. The Morgan fingerprint density at radius 1 is 1.11 bits per heavy atom. The molecule has 1 aliphatic carbocycles. The highest BCUT2D eigenvalue weighted by molar-refractivity contribution is 5.79. The number of carboxylic acids is 1. The summed E-state index contributed by atoms with van der Waals surface area (Å²) < 4.78 is 10.9. The molecule has 35 heavy (non-hydrogen) atoms. The molecular weight excluding hydrogens is 448 g/mol. The Bertz CT molecular complexity index is 1030. The zero-order valence-corrected chi connectivity index (χ0v) is 19.9. The van der Waals surface area contributed by atoms with Crippen LogP contribution in [0, 0.1) is 11.8 Å². The van der Waals surface area contributed by atoms with Crippen molar-refractivity contribution in [2.45, 2.75) is 25.7 Å². The third-order valence-corrected chi connectivity index (χ3v) is 6.76. The smallest absolute Gasteiger partial charge is 0.407 e. The van der Waals surface area contributed by atoms with E-state index in [1.165, 1.54) is 11.1 Å². The van der Waals surface area contributed by atoms with Gasteiger partial charge >= 0.3 is 12.1 Å². The van der Waals surface area contributed by atoms with Crippen LogP contribution in [0.15, 0.2) is 48.5 Å². The number of fused-ring (bicyclic) bond motifs is 3. The lowest BCUT2D eigenvalue weighted by atomic mass is 9.98. The predicted molar refractivity (Wildman–Crippen MR) is 130 cm³/mol. The van der Waals surface area contributed by atoms with E-state index in [0.717, 1.165) is 11.1 Å². The molecule has 4 rings (SSSR count). The quantitative estimate of drug-likeness (QED) is 0.599. The maximum Gasteiger partial charge on any atom is 0.407 e. The predicted octanol–water partition coefficient (Wildman–Crippen LogP) is 3.50. The first-order chi connectivity index (χ1) is 16.9. The summed E-state index contributed by atoms with van der Waals surface area (Å²) in [6.45, 7) is 3.64. The number of hydrogen-bond acceptors (Lipinski definition) is 5. The fraction of sp³-hybridized carbons (Fsp3) is 0.444. The molecule has 1 heterocycles. The molecule has 1 aliphatic heterocycles. The number of rotatable bonds is 8. The van der Waals surface area contributed by atoms with E-state index in [9.17, 15) is 19.5 Å². The van der Waals surface area contributed by atoms with Crippen LogP contribution in [0.3, 0.4) is 0 Å². The van der Waals surface area contributed by atoms with Gasteiger partial charge in [0.05, 0.1) is 19.1 Å². The van der Waals surface area contributed by atoms with Crippen LogP contribution in [0.5, 0.6) is 0 Å². The van der Waals surface area contributed by atoms with Gasteiger partial charge in [0.25, 0.3) is 0 Å². The summed E-state index contributed by atoms with van der Waals surface area (Å²) in [5.41, 5.74) is 4.69. The molecule has 2 unspecified atom stereocenters. The highest BCUT2D eigenvalue weighted by Gasteiger charge is 2.29. The van der Waals surface area contributed by atoms with Gasteiger partial charge in [0.1, 0.15) is 6.61 Å². The first-order valence-corrected chi connectivity index (χ1v) is 12.1. The lowest BCUT2D eigenvalue weighted by Crippen LogP contribution is -2.38. The van der Waals surface area contributed by atoms with Crippen molar-refractivity contribution in [3.63, 3.8) is 0 Å².